The Hall–Kier alpha value is -3.15. The molecule has 0 unspecified atom stereocenters. The molecule has 0 atom stereocenters. The second-order valence-electron chi connectivity index (χ2n) is 6.80. The second kappa shape index (κ2) is 8.25. The number of rotatable bonds is 7. The van der Waals surface area contributed by atoms with E-state index < -0.39 is 0 Å². The van der Waals surface area contributed by atoms with Gasteiger partial charge >= 0.3 is 0 Å². The molecule has 2 aromatic carbocycles. The highest BCUT2D eigenvalue weighted by Gasteiger charge is 2.24. The molecule has 0 saturated carbocycles. The van der Waals surface area contributed by atoms with Crippen LogP contribution in [0, 0.1) is 0 Å². The summed E-state index contributed by atoms with van der Waals surface area (Å²) in [4.78, 5) is 18.3. The summed E-state index contributed by atoms with van der Waals surface area (Å²) in [6.07, 6.45) is 0. The fraction of sp³-hybridized carbons (Fsp3) is 0.318. The molecule has 0 aliphatic heterocycles. The van der Waals surface area contributed by atoms with Crippen LogP contribution in [0.1, 0.15) is 29.9 Å². The van der Waals surface area contributed by atoms with Crippen LogP contribution in [-0.4, -0.2) is 43.2 Å². The Labute approximate surface area is 165 Å². The molecule has 6 heteroatoms. The number of carbonyl (C=O) groups is 1. The molecular formula is C22H26N2O4. The number of carbonyl (C=O) groups excluding carboxylic acids is 1. The summed E-state index contributed by atoms with van der Waals surface area (Å²) in [5.41, 5.74) is 2.23. The van der Waals surface area contributed by atoms with E-state index in [4.69, 9.17) is 14.2 Å². The molecule has 0 radical (unpaired) electrons. The third-order valence-corrected chi connectivity index (χ3v) is 4.75. The minimum atomic E-state index is -0.0851. The van der Waals surface area contributed by atoms with E-state index in [0.29, 0.717) is 35.0 Å². The maximum Gasteiger partial charge on any atom is 0.270 e. The van der Waals surface area contributed by atoms with Crippen LogP contribution in [0.15, 0.2) is 42.5 Å². The Morgan fingerprint density at radius 2 is 1.68 bits per heavy atom. The first kappa shape index (κ1) is 19.6. The summed E-state index contributed by atoms with van der Waals surface area (Å²) in [6, 6.07) is 13.6. The molecular weight excluding hydrogens is 356 g/mol. The van der Waals surface area contributed by atoms with Crippen LogP contribution in [0.3, 0.4) is 0 Å². The van der Waals surface area contributed by atoms with E-state index in [1.54, 1.807) is 33.5 Å². The third-order valence-electron chi connectivity index (χ3n) is 4.75. The van der Waals surface area contributed by atoms with Gasteiger partial charge in [0.2, 0.25) is 0 Å². The van der Waals surface area contributed by atoms with Crippen molar-refractivity contribution in [3.05, 3.63) is 53.7 Å². The predicted molar refractivity (Wildman–Crippen MR) is 109 cm³/mol. The van der Waals surface area contributed by atoms with E-state index in [-0.39, 0.29) is 11.9 Å². The fourth-order valence-corrected chi connectivity index (χ4v) is 3.28. The minimum Gasteiger partial charge on any atom is -0.496 e. The molecule has 0 aliphatic carbocycles. The predicted octanol–water partition coefficient (Wildman–Crippen LogP) is 4.24. The van der Waals surface area contributed by atoms with Crippen molar-refractivity contribution in [3.8, 4) is 17.2 Å². The van der Waals surface area contributed by atoms with E-state index in [0.717, 1.165) is 10.9 Å². The maximum atomic E-state index is 13.3. The highest BCUT2D eigenvalue weighted by molar-refractivity contribution is 6.02. The summed E-state index contributed by atoms with van der Waals surface area (Å²) < 4.78 is 16.4. The van der Waals surface area contributed by atoms with Gasteiger partial charge in [0.05, 0.1) is 26.8 Å². The molecule has 0 fully saturated rings. The molecule has 0 aliphatic rings. The molecule has 3 rings (SSSR count). The number of amides is 1. The summed E-state index contributed by atoms with van der Waals surface area (Å²) in [6.45, 7) is 4.55. The quantitative estimate of drug-likeness (QED) is 0.664. The smallest absolute Gasteiger partial charge is 0.270 e. The number of methoxy groups -OCH3 is 3. The standard InChI is InChI=1S/C22H26N2O4/c1-14(2)24(13-15-9-7-6-8-10-15)22(25)17-11-16-18(26-3)12-19(27-4)21(28-5)20(16)23-17/h6-12,14,23H,13H2,1-5H3. The Balaban J connectivity index is 2.05. The van der Waals surface area contributed by atoms with Gasteiger partial charge in [-0.1, -0.05) is 30.3 Å². The molecule has 1 N–H and O–H groups in total. The second-order valence-corrected chi connectivity index (χ2v) is 6.80. The lowest BCUT2D eigenvalue weighted by Crippen LogP contribution is -2.36. The SMILES string of the molecule is COc1cc(OC)c2cc(C(=O)N(Cc3ccccc3)C(C)C)[nH]c2c1OC. The minimum absolute atomic E-state index is 0.0393. The molecule has 1 heterocycles. The van der Waals surface area contributed by atoms with Crippen LogP contribution in [0.4, 0.5) is 0 Å². The Morgan fingerprint density at radius 3 is 2.25 bits per heavy atom. The van der Waals surface area contributed by atoms with Crippen LogP contribution in [0.5, 0.6) is 17.2 Å². The molecule has 0 bridgehead atoms. The van der Waals surface area contributed by atoms with Gasteiger partial charge in [0.25, 0.3) is 5.91 Å². The normalized spacial score (nSPS) is 10.9. The highest BCUT2D eigenvalue weighted by atomic mass is 16.5. The third kappa shape index (κ3) is 3.63. The molecule has 1 amide bonds. The Kier molecular flexibility index (Phi) is 5.78. The molecule has 1 aromatic heterocycles. The zero-order valence-electron chi connectivity index (χ0n) is 16.9. The first-order valence-electron chi connectivity index (χ1n) is 9.16. The van der Waals surface area contributed by atoms with Crippen LogP contribution < -0.4 is 14.2 Å². The van der Waals surface area contributed by atoms with E-state index in [9.17, 15) is 4.79 Å². The van der Waals surface area contributed by atoms with Gasteiger partial charge in [0.15, 0.2) is 11.5 Å². The monoisotopic (exact) mass is 382 g/mol. The fourth-order valence-electron chi connectivity index (χ4n) is 3.28. The molecule has 0 saturated heterocycles. The number of H-pyrrole nitrogens is 1. The van der Waals surface area contributed by atoms with Gasteiger partial charge in [0.1, 0.15) is 11.4 Å². The number of ether oxygens (including phenoxy) is 3. The van der Waals surface area contributed by atoms with E-state index in [2.05, 4.69) is 4.98 Å². The van der Waals surface area contributed by atoms with Crippen LogP contribution in [0.25, 0.3) is 10.9 Å². The van der Waals surface area contributed by atoms with Crippen LogP contribution in [-0.2, 0) is 6.54 Å². The lowest BCUT2D eigenvalue weighted by Gasteiger charge is -2.26. The maximum absolute atomic E-state index is 13.3. The number of nitrogens with one attached hydrogen (secondary N) is 1. The van der Waals surface area contributed by atoms with Gasteiger partial charge in [-0.15, -0.1) is 0 Å². The van der Waals surface area contributed by atoms with Gasteiger partial charge in [-0.2, -0.15) is 0 Å². The molecule has 28 heavy (non-hydrogen) atoms. The summed E-state index contributed by atoms with van der Waals surface area (Å²) in [7, 11) is 4.73. The van der Waals surface area contributed by atoms with Crippen molar-refractivity contribution < 1.29 is 19.0 Å². The van der Waals surface area contributed by atoms with E-state index in [1.165, 1.54) is 0 Å². The van der Waals surface area contributed by atoms with Gasteiger partial charge < -0.3 is 24.1 Å². The number of nitrogens with zero attached hydrogens (tertiary/aromatic N) is 1. The lowest BCUT2D eigenvalue weighted by molar-refractivity contribution is 0.0685. The number of hydrogen-bond acceptors (Lipinski definition) is 4. The highest BCUT2D eigenvalue weighted by Crippen LogP contribution is 2.41. The van der Waals surface area contributed by atoms with Gasteiger partial charge in [-0.3, -0.25) is 4.79 Å². The summed E-state index contributed by atoms with van der Waals surface area (Å²) in [5.74, 6) is 1.61. The molecule has 148 valence electrons. The summed E-state index contributed by atoms with van der Waals surface area (Å²) in [5, 5.41) is 0.770. The van der Waals surface area contributed by atoms with Crippen molar-refractivity contribution in [3.63, 3.8) is 0 Å². The zero-order valence-corrected chi connectivity index (χ0v) is 16.9. The van der Waals surface area contributed by atoms with Crippen molar-refractivity contribution in [2.24, 2.45) is 0 Å². The van der Waals surface area contributed by atoms with E-state index in [1.807, 2.05) is 49.1 Å². The molecule has 0 spiro atoms. The largest absolute Gasteiger partial charge is 0.496 e. The Morgan fingerprint density at radius 1 is 1.00 bits per heavy atom. The summed E-state index contributed by atoms with van der Waals surface area (Å²) >= 11 is 0. The van der Waals surface area contributed by atoms with Crippen LogP contribution >= 0.6 is 0 Å². The van der Waals surface area contributed by atoms with Gasteiger partial charge in [-0.05, 0) is 25.5 Å². The van der Waals surface area contributed by atoms with Crippen molar-refractivity contribution in [2.45, 2.75) is 26.4 Å². The van der Waals surface area contributed by atoms with Crippen molar-refractivity contribution in [2.75, 3.05) is 21.3 Å². The first-order chi connectivity index (χ1) is 13.5. The van der Waals surface area contributed by atoms with Crippen molar-refractivity contribution in [1.82, 2.24) is 9.88 Å². The lowest BCUT2D eigenvalue weighted by atomic mass is 10.1. The van der Waals surface area contributed by atoms with Crippen molar-refractivity contribution >= 4 is 16.8 Å². The number of aromatic amines is 1. The number of aromatic nitrogens is 1. The number of benzene rings is 2. The first-order valence-corrected chi connectivity index (χ1v) is 9.16. The van der Waals surface area contributed by atoms with Gasteiger partial charge in [0, 0.05) is 24.0 Å². The zero-order chi connectivity index (χ0) is 20.3. The molecule has 3 aromatic rings. The van der Waals surface area contributed by atoms with Crippen LogP contribution in [0.2, 0.25) is 0 Å². The Bertz CT molecular complexity index is 964. The topological polar surface area (TPSA) is 63.8 Å². The number of fused-ring (bicyclic) bond motifs is 1. The van der Waals surface area contributed by atoms with Crippen molar-refractivity contribution in [1.29, 1.82) is 0 Å². The van der Waals surface area contributed by atoms with E-state index >= 15 is 0 Å². The average molecular weight is 382 g/mol. The number of hydrogen-bond donors (Lipinski definition) is 1. The van der Waals surface area contributed by atoms with Gasteiger partial charge in [-0.25, -0.2) is 0 Å². The molecule has 6 nitrogen and oxygen atoms in total. The average Bonchev–Trinajstić information content (AvgIpc) is 3.16.